The fraction of sp³-hybridized carbons (Fsp3) is 0.667. The molecule has 1 aliphatic rings. The largest absolute Gasteiger partial charge is 0.388 e. The van der Waals surface area contributed by atoms with Crippen LogP contribution in [0.3, 0.4) is 0 Å². The SMILES string of the molecule is C=C[C@@]1(C)CC[C@@H]([C@H](C)C(=O)C[C@@H](O)C(=C)C)O1. The number of aliphatic hydroxyl groups is 1. The molecule has 0 radical (unpaired) electrons. The van der Waals surface area contributed by atoms with E-state index in [0.717, 1.165) is 12.8 Å². The van der Waals surface area contributed by atoms with E-state index >= 15 is 0 Å². The lowest BCUT2D eigenvalue weighted by atomic mass is 9.92. The Bertz CT molecular complexity index is 348. The highest BCUT2D eigenvalue weighted by molar-refractivity contribution is 5.82. The fourth-order valence-corrected chi connectivity index (χ4v) is 2.15. The predicted octanol–water partition coefficient (Wildman–Crippen LogP) is 2.64. The van der Waals surface area contributed by atoms with E-state index in [1.807, 2.05) is 13.8 Å². The zero-order valence-electron chi connectivity index (χ0n) is 11.6. The molecule has 3 nitrogen and oxygen atoms in total. The number of carbonyl (C=O) groups excluding carboxylic acids is 1. The average Bonchev–Trinajstić information content (AvgIpc) is 2.71. The van der Waals surface area contributed by atoms with E-state index in [9.17, 15) is 9.90 Å². The van der Waals surface area contributed by atoms with Crippen LogP contribution in [0.25, 0.3) is 0 Å². The second-order valence-corrected chi connectivity index (χ2v) is 5.53. The van der Waals surface area contributed by atoms with E-state index in [1.165, 1.54) is 0 Å². The van der Waals surface area contributed by atoms with Crippen LogP contribution in [0.4, 0.5) is 0 Å². The Morgan fingerprint density at radius 3 is 2.72 bits per heavy atom. The summed E-state index contributed by atoms with van der Waals surface area (Å²) in [6.45, 7) is 13.0. The van der Waals surface area contributed by atoms with Crippen molar-refractivity contribution in [2.45, 2.75) is 57.8 Å². The van der Waals surface area contributed by atoms with Crippen molar-refractivity contribution in [3.8, 4) is 0 Å². The highest BCUT2D eigenvalue weighted by Gasteiger charge is 2.38. The molecule has 0 aromatic heterocycles. The first-order chi connectivity index (χ1) is 8.29. The molecule has 4 atom stereocenters. The number of aliphatic hydroxyl groups excluding tert-OH is 1. The van der Waals surface area contributed by atoms with Crippen LogP contribution in [0.1, 0.15) is 40.0 Å². The molecule has 1 saturated heterocycles. The third-order valence-corrected chi connectivity index (χ3v) is 3.81. The normalized spacial score (nSPS) is 30.8. The molecule has 102 valence electrons. The lowest BCUT2D eigenvalue weighted by Gasteiger charge is -2.24. The van der Waals surface area contributed by atoms with Crippen LogP contribution in [0.2, 0.25) is 0 Å². The summed E-state index contributed by atoms with van der Waals surface area (Å²) < 4.78 is 5.88. The zero-order valence-corrected chi connectivity index (χ0v) is 11.6. The van der Waals surface area contributed by atoms with Crippen molar-refractivity contribution in [2.24, 2.45) is 5.92 Å². The van der Waals surface area contributed by atoms with Crippen LogP contribution in [0.15, 0.2) is 24.8 Å². The number of ether oxygens (including phenoxy) is 1. The van der Waals surface area contributed by atoms with E-state index in [0.29, 0.717) is 5.57 Å². The van der Waals surface area contributed by atoms with Gasteiger partial charge in [0.2, 0.25) is 0 Å². The summed E-state index contributed by atoms with van der Waals surface area (Å²) in [6, 6.07) is 0. The molecule has 0 spiro atoms. The third-order valence-electron chi connectivity index (χ3n) is 3.81. The van der Waals surface area contributed by atoms with Gasteiger partial charge in [-0.15, -0.1) is 6.58 Å². The first-order valence-corrected chi connectivity index (χ1v) is 6.46. The number of carbonyl (C=O) groups is 1. The van der Waals surface area contributed by atoms with Crippen molar-refractivity contribution in [1.29, 1.82) is 0 Å². The maximum Gasteiger partial charge on any atom is 0.141 e. The molecule has 0 unspecified atom stereocenters. The van der Waals surface area contributed by atoms with Crippen molar-refractivity contribution >= 4 is 5.78 Å². The van der Waals surface area contributed by atoms with Gasteiger partial charge in [-0.05, 0) is 26.7 Å². The van der Waals surface area contributed by atoms with Crippen molar-refractivity contribution in [3.63, 3.8) is 0 Å². The second kappa shape index (κ2) is 5.81. The van der Waals surface area contributed by atoms with E-state index in [2.05, 4.69) is 13.2 Å². The monoisotopic (exact) mass is 252 g/mol. The number of hydrogen-bond donors (Lipinski definition) is 1. The van der Waals surface area contributed by atoms with Gasteiger partial charge >= 0.3 is 0 Å². The van der Waals surface area contributed by atoms with Crippen molar-refractivity contribution < 1.29 is 14.6 Å². The van der Waals surface area contributed by atoms with Crippen LogP contribution < -0.4 is 0 Å². The molecule has 0 amide bonds. The summed E-state index contributed by atoms with van der Waals surface area (Å²) in [6.07, 6.45) is 2.86. The molecule has 1 aliphatic heterocycles. The first-order valence-electron chi connectivity index (χ1n) is 6.46. The smallest absolute Gasteiger partial charge is 0.141 e. The molecular weight excluding hydrogens is 228 g/mol. The molecule has 3 heteroatoms. The van der Waals surface area contributed by atoms with E-state index in [1.54, 1.807) is 13.0 Å². The van der Waals surface area contributed by atoms with Gasteiger partial charge in [0.05, 0.1) is 17.8 Å². The lowest BCUT2D eigenvalue weighted by Crippen LogP contribution is -2.31. The summed E-state index contributed by atoms with van der Waals surface area (Å²) in [7, 11) is 0. The molecule has 1 fully saturated rings. The van der Waals surface area contributed by atoms with Crippen molar-refractivity contribution in [1.82, 2.24) is 0 Å². The predicted molar refractivity (Wildman–Crippen MR) is 72.3 cm³/mol. The maximum absolute atomic E-state index is 12.0. The van der Waals surface area contributed by atoms with Crippen molar-refractivity contribution in [3.05, 3.63) is 24.8 Å². The summed E-state index contributed by atoms with van der Waals surface area (Å²) in [5.41, 5.74) is 0.311. The van der Waals surface area contributed by atoms with Crippen LogP contribution >= 0.6 is 0 Å². The van der Waals surface area contributed by atoms with Gasteiger partial charge in [0, 0.05) is 12.3 Å². The van der Waals surface area contributed by atoms with Gasteiger partial charge in [-0.3, -0.25) is 4.79 Å². The molecule has 0 aliphatic carbocycles. The number of hydrogen-bond acceptors (Lipinski definition) is 3. The molecule has 18 heavy (non-hydrogen) atoms. The fourth-order valence-electron chi connectivity index (χ4n) is 2.15. The summed E-state index contributed by atoms with van der Waals surface area (Å²) in [5, 5.41) is 9.66. The molecule has 0 aromatic rings. The van der Waals surface area contributed by atoms with Crippen molar-refractivity contribution in [2.75, 3.05) is 0 Å². The Morgan fingerprint density at radius 2 is 2.28 bits per heavy atom. The quantitative estimate of drug-likeness (QED) is 0.739. The minimum Gasteiger partial charge on any atom is -0.388 e. The van der Waals surface area contributed by atoms with Gasteiger partial charge in [-0.25, -0.2) is 0 Å². The maximum atomic E-state index is 12.0. The van der Waals surface area contributed by atoms with Gasteiger partial charge < -0.3 is 9.84 Å². The van der Waals surface area contributed by atoms with Crippen LogP contribution in [0, 0.1) is 5.92 Å². The number of ketones is 1. The molecule has 0 aromatic carbocycles. The number of Topliss-reactive ketones (excluding diaryl/α,β-unsaturated/α-hetero) is 1. The molecule has 1 N–H and O–H groups in total. The van der Waals surface area contributed by atoms with E-state index < -0.39 is 6.10 Å². The average molecular weight is 252 g/mol. The zero-order chi connectivity index (χ0) is 13.9. The van der Waals surface area contributed by atoms with Crippen LogP contribution in [0.5, 0.6) is 0 Å². The Morgan fingerprint density at radius 1 is 1.67 bits per heavy atom. The lowest BCUT2D eigenvalue weighted by molar-refractivity contribution is -0.129. The van der Waals surface area contributed by atoms with E-state index in [4.69, 9.17) is 4.74 Å². The molecular formula is C15H24O3. The molecule has 0 saturated carbocycles. The van der Waals surface area contributed by atoms with Gasteiger partial charge in [-0.1, -0.05) is 25.2 Å². The summed E-state index contributed by atoms with van der Waals surface area (Å²) in [5.74, 6) is -0.162. The highest BCUT2D eigenvalue weighted by atomic mass is 16.5. The molecule has 1 heterocycles. The second-order valence-electron chi connectivity index (χ2n) is 5.53. The van der Waals surface area contributed by atoms with Gasteiger partial charge in [0.15, 0.2) is 0 Å². The Hall–Kier alpha value is -0.930. The van der Waals surface area contributed by atoms with Gasteiger partial charge in [-0.2, -0.15) is 0 Å². The van der Waals surface area contributed by atoms with Crippen LogP contribution in [-0.4, -0.2) is 28.7 Å². The van der Waals surface area contributed by atoms with Crippen LogP contribution in [-0.2, 0) is 9.53 Å². The van der Waals surface area contributed by atoms with Gasteiger partial charge in [0.25, 0.3) is 0 Å². The third kappa shape index (κ3) is 3.53. The number of rotatable bonds is 6. The first kappa shape index (κ1) is 15.1. The Labute approximate surface area is 110 Å². The minimum absolute atomic E-state index is 0.0313. The van der Waals surface area contributed by atoms with Gasteiger partial charge in [0.1, 0.15) is 5.78 Å². The minimum atomic E-state index is -0.743. The topological polar surface area (TPSA) is 46.5 Å². The molecule has 0 bridgehead atoms. The Balaban J connectivity index is 2.55. The summed E-state index contributed by atoms with van der Waals surface area (Å²) >= 11 is 0. The summed E-state index contributed by atoms with van der Waals surface area (Å²) in [4.78, 5) is 12.0. The van der Waals surface area contributed by atoms with E-state index in [-0.39, 0.29) is 29.8 Å². The molecule has 1 rings (SSSR count). The highest BCUT2D eigenvalue weighted by Crippen LogP contribution is 2.35. The Kier molecular flexibility index (Phi) is 4.88. The standard InChI is InChI=1S/C15H24O3/c1-6-15(5)8-7-14(18-15)11(4)13(17)9-12(16)10(2)3/h6,11-12,14,16H,1-2,7-9H2,3-5H3/t11-,12-,14+,15+/m1/s1.